The second kappa shape index (κ2) is 16.9. The SMILES string of the molecule is CSNc1ccc(OCCCOCCCCOCCCOCC(C)=O)cc1. The van der Waals surface area contributed by atoms with Gasteiger partial charge in [-0.3, -0.25) is 4.79 Å². The van der Waals surface area contributed by atoms with E-state index < -0.39 is 0 Å². The molecule has 0 aliphatic heterocycles. The van der Waals surface area contributed by atoms with E-state index in [1.165, 1.54) is 6.92 Å². The Morgan fingerprint density at radius 1 is 0.852 bits per heavy atom. The lowest BCUT2D eigenvalue weighted by molar-refractivity contribution is -0.121. The lowest BCUT2D eigenvalue weighted by atomic mass is 10.3. The first-order valence-corrected chi connectivity index (χ1v) is 10.7. The molecule has 7 heteroatoms. The van der Waals surface area contributed by atoms with Crippen molar-refractivity contribution in [3.05, 3.63) is 24.3 Å². The molecule has 0 bridgehead atoms. The number of hydrogen-bond donors (Lipinski definition) is 1. The van der Waals surface area contributed by atoms with Gasteiger partial charge in [-0.1, -0.05) is 11.9 Å². The van der Waals surface area contributed by atoms with Crippen LogP contribution in [0, 0.1) is 0 Å². The van der Waals surface area contributed by atoms with Crippen molar-refractivity contribution in [1.29, 1.82) is 0 Å². The first-order chi connectivity index (χ1) is 13.2. The highest BCUT2D eigenvalue weighted by Crippen LogP contribution is 2.17. The maximum Gasteiger partial charge on any atom is 0.155 e. The number of carbonyl (C=O) groups excluding carboxylic acids is 1. The van der Waals surface area contributed by atoms with E-state index in [1.807, 2.05) is 30.5 Å². The molecular weight excluding hydrogens is 366 g/mol. The topological polar surface area (TPSA) is 66.0 Å². The molecule has 0 unspecified atom stereocenters. The van der Waals surface area contributed by atoms with E-state index in [1.54, 1.807) is 11.9 Å². The van der Waals surface area contributed by atoms with Crippen molar-refractivity contribution in [3.63, 3.8) is 0 Å². The van der Waals surface area contributed by atoms with Crippen LogP contribution >= 0.6 is 11.9 Å². The zero-order chi connectivity index (χ0) is 19.6. The van der Waals surface area contributed by atoms with Crippen molar-refractivity contribution < 1.29 is 23.7 Å². The minimum absolute atomic E-state index is 0.0559. The van der Waals surface area contributed by atoms with E-state index in [-0.39, 0.29) is 12.4 Å². The number of Topliss-reactive ketones (excluding diaryl/α,β-unsaturated/α-hetero) is 1. The maximum atomic E-state index is 10.7. The average molecular weight is 400 g/mol. The number of anilines is 1. The summed E-state index contributed by atoms with van der Waals surface area (Å²) < 4.78 is 25.1. The van der Waals surface area contributed by atoms with Crippen LogP contribution in [0.3, 0.4) is 0 Å². The lowest BCUT2D eigenvalue weighted by Crippen LogP contribution is -2.08. The van der Waals surface area contributed by atoms with Gasteiger partial charge in [-0.05, 0) is 50.5 Å². The second-order valence-electron chi connectivity index (χ2n) is 6.07. The van der Waals surface area contributed by atoms with Crippen LogP contribution in [0.25, 0.3) is 0 Å². The van der Waals surface area contributed by atoms with Crippen LogP contribution in [-0.2, 0) is 19.0 Å². The van der Waals surface area contributed by atoms with E-state index in [0.717, 1.165) is 50.3 Å². The number of hydrogen-bond acceptors (Lipinski definition) is 7. The molecule has 0 aromatic heterocycles. The summed E-state index contributed by atoms with van der Waals surface area (Å²) in [6.45, 7) is 5.82. The molecule has 1 N–H and O–H groups in total. The van der Waals surface area contributed by atoms with Crippen molar-refractivity contribution in [2.24, 2.45) is 0 Å². The van der Waals surface area contributed by atoms with Crippen molar-refractivity contribution in [3.8, 4) is 5.75 Å². The highest BCUT2D eigenvalue weighted by Gasteiger charge is 1.97. The fourth-order valence-corrected chi connectivity index (χ4v) is 2.55. The monoisotopic (exact) mass is 399 g/mol. The summed E-state index contributed by atoms with van der Waals surface area (Å²) in [4.78, 5) is 10.7. The van der Waals surface area contributed by atoms with E-state index in [2.05, 4.69) is 4.72 Å². The zero-order valence-corrected chi connectivity index (χ0v) is 17.4. The van der Waals surface area contributed by atoms with Crippen LogP contribution in [0.5, 0.6) is 5.75 Å². The second-order valence-corrected chi connectivity index (χ2v) is 6.68. The van der Waals surface area contributed by atoms with Crippen molar-refractivity contribution in [2.75, 3.05) is 57.2 Å². The van der Waals surface area contributed by atoms with E-state index in [4.69, 9.17) is 18.9 Å². The largest absolute Gasteiger partial charge is 0.494 e. The molecule has 0 amide bonds. The third-order valence-corrected chi connectivity index (χ3v) is 3.93. The number of ether oxygens (including phenoxy) is 4. The molecule has 0 spiro atoms. The molecule has 1 aromatic carbocycles. The molecule has 0 aliphatic carbocycles. The summed E-state index contributed by atoms with van der Waals surface area (Å²) in [5, 5.41) is 0. The third kappa shape index (κ3) is 14.4. The van der Waals surface area contributed by atoms with Crippen LogP contribution in [0.4, 0.5) is 5.69 Å². The van der Waals surface area contributed by atoms with Gasteiger partial charge in [0.25, 0.3) is 0 Å². The van der Waals surface area contributed by atoms with Gasteiger partial charge in [-0.2, -0.15) is 0 Å². The van der Waals surface area contributed by atoms with Crippen molar-refractivity contribution in [2.45, 2.75) is 32.6 Å². The van der Waals surface area contributed by atoms with Gasteiger partial charge in [0.1, 0.15) is 12.4 Å². The van der Waals surface area contributed by atoms with E-state index in [9.17, 15) is 4.79 Å². The molecule has 0 heterocycles. The minimum atomic E-state index is 0.0559. The number of benzene rings is 1. The summed E-state index contributed by atoms with van der Waals surface area (Å²) in [6, 6.07) is 7.94. The first kappa shape index (κ1) is 23.8. The summed E-state index contributed by atoms with van der Waals surface area (Å²) >= 11 is 1.57. The van der Waals surface area contributed by atoms with Crippen molar-refractivity contribution >= 4 is 23.4 Å². The number of unbranched alkanes of at least 4 members (excludes halogenated alkanes) is 1. The Balaban J connectivity index is 1.80. The molecular formula is C20H33NO5S. The molecule has 6 nitrogen and oxygen atoms in total. The molecule has 0 aliphatic rings. The Labute approximate surface area is 167 Å². The van der Waals surface area contributed by atoms with Gasteiger partial charge in [-0.25, -0.2) is 0 Å². The molecule has 0 saturated heterocycles. The molecule has 1 rings (SSSR count). The zero-order valence-electron chi connectivity index (χ0n) is 16.5. The van der Waals surface area contributed by atoms with Gasteiger partial charge in [0.15, 0.2) is 5.78 Å². The standard InChI is InChI=1S/C20H33NO5S/c1-18(22)17-25-15-5-13-23-11-3-4-12-24-14-6-16-26-20-9-7-19(8-10-20)21-27-2/h7-10,21H,3-6,11-17H2,1-2H3. The molecule has 1 aromatic rings. The summed E-state index contributed by atoms with van der Waals surface area (Å²) in [5.74, 6) is 0.936. The number of nitrogens with one attached hydrogen (secondary N) is 1. The quantitative estimate of drug-likeness (QED) is 0.296. The summed E-state index contributed by atoms with van der Waals surface area (Å²) in [7, 11) is 0. The van der Waals surface area contributed by atoms with Gasteiger partial charge in [0.2, 0.25) is 0 Å². The number of carbonyl (C=O) groups is 1. The predicted octanol–water partition coefficient (Wildman–Crippen LogP) is 3.95. The summed E-state index contributed by atoms with van der Waals surface area (Å²) in [6.07, 6.45) is 5.67. The fourth-order valence-electron chi connectivity index (χ4n) is 2.18. The van der Waals surface area contributed by atoms with E-state index in [0.29, 0.717) is 26.4 Å². The molecule has 0 fully saturated rings. The summed E-state index contributed by atoms with van der Waals surface area (Å²) in [5.41, 5.74) is 1.07. The van der Waals surface area contributed by atoms with Gasteiger partial charge in [-0.15, -0.1) is 0 Å². The molecule has 154 valence electrons. The Kier molecular flexibility index (Phi) is 14.8. The Morgan fingerprint density at radius 2 is 1.41 bits per heavy atom. The predicted molar refractivity (Wildman–Crippen MR) is 111 cm³/mol. The average Bonchev–Trinajstić information content (AvgIpc) is 2.66. The highest BCUT2D eigenvalue weighted by molar-refractivity contribution is 7.99. The molecule has 0 atom stereocenters. The van der Waals surface area contributed by atoms with Gasteiger partial charge < -0.3 is 23.7 Å². The molecule has 0 saturated carbocycles. The fraction of sp³-hybridized carbons (Fsp3) is 0.650. The van der Waals surface area contributed by atoms with Crippen LogP contribution < -0.4 is 9.46 Å². The molecule has 27 heavy (non-hydrogen) atoms. The molecule has 0 radical (unpaired) electrons. The van der Waals surface area contributed by atoms with Gasteiger partial charge >= 0.3 is 0 Å². The van der Waals surface area contributed by atoms with Crippen molar-refractivity contribution in [1.82, 2.24) is 0 Å². The van der Waals surface area contributed by atoms with Crippen LogP contribution in [0.1, 0.15) is 32.6 Å². The van der Waals surface area contributed by atoms with Crippen LogP contribution in [-0.4, -0.2) is 58.3 Å². The van der Waals surface area contributed by atoms with Gasteiger partial charge in [0.05, 0.1) is 6.61 Å². The number of rotatable bonds is 18. The highest BCUT2D eigenvalue weighted by atomic mass is 32.2. The van der Waals surface area contributed by atoms with Gasteiger partial charge in [0, 0.05) is 51.4 Å². The third-order valence-electron chi connectivity index (χ3n) is 3.49. The lowest BCUT2D eigenvalue weighted by Gasteiger charge is -2.08. The Morgan fingerprint density at radius 3 is 2.00 bits per heavy atom. The Hall–Kier alpha value is -1.28. The maximum absolute atomic E-state index is 10.7. The number of ketones is 1. The van der Waals surface area contributed by atoms with Crippen LogP contribution in [0.2, 0.25) is 0 Å². The minimum Gasteiger partial charge on any atom is -0.494 e. The first-order valence-electron chi connectivity index (χ1n) is 9.47. The smallest absolute Gasteiger partial charge is 0.155 e. The van der Waals surface area contributed by atoms with Crippen LogP contribution in [0.15, 0.2) is 24.3 Å². The Bertz CT molecular complexity index is 484. The van der Waals surface area contributed by atoms with E-state index >= 15 is 0 Å². The normalized spacial score (nSPS) is 10.7.